The van der Waals surface area contributed by atoms with Crippen LogP contribution in [0.5, 0.6) is 5.75 Å². The molecule has 1 unspecified atom stereocenters. The van der Waals surface area contributed by atoms with Crippen molar-refractivity contribution in [1.29, 1.82) is 0 Å². The van der Waals surface area contributed by atoms with Crippen LogP contribution in [-0.4, -0.2) is 99.9 Å². The fourth-order valence-electron chi connectivity index (χ4n) is 8.97. The lowest BCUT2D eigenvalue weighted by Crippen LogP contribution is -3.00. The van der Waals surface area contributed by atoms with Crippen LogP contribution in [0.3, 0.4) is 0 Å². The first-order chi connectivity index (χ1) is 32.4. The van der Waals surface area contributed by atoms with E-state index < -0.39 is 35.7 Å². The third kappa shape index (κ3) is 10.8. The van der Waals surface area contributed by atoms with Crippen molar-refractivity contribution < 1.29 is 49.9 Å². The third-order valence-electron chi connectivity index (χ3n) is 12.6. The van der Waals surface area contributed by atoms with Gasteiger partial charge in [-0.2, -0.15) is 9.67 Å². The Kier molecular flexibility index (Phi) is 15.8. The third-order valence-corrected chi connectivity index (χ3v) is 12.6. The molecule has 20 heteroatoms. The van der Waals surface area contributed by atoms with E-state index in [0.29, 0.717) is 43.2 Å². The Morgan fingerprint density at radius 3 is 2.32 bits per heavy atom. The lowest BCUT2D eigenvalue weighted by atomic mass is 9.87. The second-order valence-electron chi connectivity index (χ2n) is 17.2. The first-order valence-electron chi connectivity index (χ1n) is 22.6. The van der Waals surface area contributed by atoms with Crippen LogP contribution in [0.25, 0.3) is 5.69 Å². The number of aliphatic hydroxyl groups is 1. The van der Waals surface area contributed by atoms with Gasteiger partial charge in [0.25, 0.3) is 6.33 Å². The summed E-state index contributed by atoms with van der Waals surface area (Å²) in [6, 6.07) is 22.7. The number of hydrogen-bond acceptors (Lipinski definition) is 12. The van der Waals surface area contributed by atoms with E-state index in [9.17, 15) is 19.1 Å². The number of nitrogens with zero attached hydrogens (tertiary/aromatic N) is 10. The number of nitrogens with one attached hydrogen (secondary N) is 1. The SMILES string of the molecule is CC[C@@H]([C@H](C)O)n1ncn(-c2ccc(N3CCN(c4ccc(OC[C@@H]5CO[C@@](Cn6c[n+](C(C)OC(=O)N(C)c7ncccc7CNC)cn6)(c6ccc(F)cc6F)C5)cc4)CC3)cc2)c1=O.[Cl-]. The number of hydrogen-bond donors (Lipinski definition) is 2. The summed E-state index contributed by atoms with van der Waals surface area (Å²) in [5.74, 6) is -0.358. The highest BCUT2D eigenvalue weighted by Gasteiger charge is 2.46. The fourth-order valence-corrected chi connectivity index (χ4v) is 8.97. The van der Waals surface area contributed by atoms with Gasteiger partial charge in [-0.05, 0) is 87.5 Å². The van der Waals surface area contributed by atoms with Crippen molar-refractivity contribution in [2.75, 3.05) is 68.2 Å². The molecule has 68 heavy (non-hydrogen) atoms. The van der Waals surface area contributed by atoms with Gasteiger partial charge in [0.1, 0.15) is 41.7 Å². The van der Waals surface area contributed by atoms with Crippen LogP contribution in [-0.2, 0) is 28.2 Å². The summed E-state index contributed by atoms with van der Waals surface area (Å²) >= 11 is 0. The first kappa shape index (κ1) is 49.5. The Balaban J connectivity index is 0.00000684. The van der Waals surface area contributed by atoms with Crippen LogP contribution in [0.1, 0.15) is 57.0 Å². The molecule has 0 bridgehead atoms. The van der Waals surface area contributed by atoms with Crippen molar-refractivity contribution in [3.8, 4) is 11.4 Å². The minimum atomic E-state index is -1.19. The van der Waals surface area contributed by atoms with Gasteiger partial charge in [-0.1, -0.05) is 19.1 Å². The maximum absolute atomic E-state index is 15.5. The number of ether oxygens (including phenoxy) is 3. The lowest BCUT2D eigenvalue weighted by Gasteiger charge is -2.37. The number of piperazine rings is 1. The lowest BCUT2D eigenvalue weighted by molar-refractivity contribution is -0.753. The quantitative estimate of drug-likeness (QED) is 0.129. The van der Waals surface area contributed by atoms with Gasteiger partial charge in [0, 0.05) is 92.5 Å². The van der Waals surface area contributed by atoms with Gasteiger partial charge in [0.05, 0.1) is 31.0 Å². The Bertz CT molecular complexity index is 2680. The summed E-state index contributed by atoms with van der Waals surface area (Å²) in [6.07, 6.45) is 5.21. The largest absolute Gasteiger partial charge is 1.00 e. The zero-order valence-electron chi connectivity index (χ0n) is 38.8. The Morgan fingerprint density at radius 1 is 1.00 bits per heavy atom. The molecule has 5 atom stereocenters. The van der Waals surface area contributed by atoms with E-state index in [1.54, 1.807) is 48.7 Å². The monoisotopic (exact) mass is 957 g/mol. The molecule has 0 radical (unpaired) electrons. The molecular weight excluding hydrogens is 900 g/mol. The van der Waals surface area contributed by atoms with Crippen molar-refractivity contribution in [1.82, 2.24) is 34.4 Å². The smallest absolute Gasteiger partial charge is 0.418 e. The average Bonchev–Trinajstić information content (AvgIpc) is 4.08. The number of amides is 1. The van der Waals surface area contributed by atoms with Gasteiger partial charge >= 0.3 is 11.8 Å². The second kappa shape index (κ2) is 21.7. The van der Waals surface area contributed by atoms with Crippen LogP contribution < -0.4 is 47.4 Å². The van der Waals surface area contributed by atoms with Crippen molar-refractivity contribution in [2.24, 2.45) is 5.92 Å². The van der Waals surface area contributed by atoms with E-state index in [0.717, 1.165) is 49.2 Å². The summed E-state index contributed by atoms with van der Waals surface area (Å²) in [4.78, 5) is 36.6. The predicted octanol–water partition coefficient (Wildman–Crippen LogP) is 2.38. The highest BCUT2D eigenvalue weighted by molar-refractivity contribution is 5.86. The number of carbonyl (C=O) groups excluding carboxylic acids is 1. The van der Waals surface area contributed by atoms with E-state index in [1.807, 2.05) is 68.6 Å². The van der Waals surface area contributed by atoms with E-state index >= 15 is 4.39 Å². The molecule has 2 saturated heterocycles. The fraction of sp³-hybridized carbons (Fsp3) is 0.417. The molecule has 3 aromatic heterocycles. The summed E-state index contributed by atoms with van der Waals surface area (Å²) in [5, 5.41) is 22.0. The number of anilines is 3. The molecule has 6 aromatic rings. The predicted molar refractivity (Wildman–Crippen MR) is 246 cm³/mol. The molecule has 2 aliphatic rings. The van der Waals surface area contributed by atoms with Crippen molar-refractivity contribution in [3.63, 3.8) is 0 Å². The molecule has 5 heterocycles. The van der Waals surface area contributed by atoms with Gasteiger partial charge < -0.3 is 46.8 Å². The standard InChI is InChI=1S/C48H58F2N11O6.ClH/c1-6-44(33(2)62)61-46(63)60(31-54-61)40-12-10-38(11-13-40)56-20-22-57(23-21-56)39-14-16-41(17-15-39)65-27-35-25-48(66-28-35,42-18-9-37(49)24-43(42)50)29-59-32-58(30-53-59)34(3)67-47(64)55(5)45-36(26-51-4)8-7-19-52-45;/h7-19,24,30-35,44,51,62H,6,20-23,25-29H2,1-5H3;1H/q+1;/p-1/t33-,34?,35+,44-,48-;/m0./s1. The van der Waals surface area contributed by atoms with E-state index in [1.165, 1.54) is 38.9 Å². The molecule has 2 N–H and O–H groups in total. The number of halogens is 3. The normalized spacial score (nSPS) is 18.4. The molecule has 0 spiro atoms. The van der Waals surface area contributed by atoms with Crippen LogP contribution >= 0.6 is 0 Å². The summed E-state index contributed by atoms with van der Waals surface area (Å²) in [5.41, 5.74) is 2.44. The Hall–Kier alpha value is -6.41. The van der Waals surface area contributed by atoms with Gasteiger partial charge in [0.2, 0.25) is 12.6 Å². The van der Waals surface area contributed by atoms with E-state index in [-0.39, 0.29) is 48.8 Å². The minimum absolute atomic E-state index is 0. The molecule has 17 nitrogen and oxygen atoms in total. The summed E-state index contributed by atoms with van der Waals surface area (Å²) < 4.78 is 54.2. The highest BCUT2D eigenvalue weighted by atomic mass is 35.5. The number of rotatable bonds is 17. The van der Waals surface area contributed by atoms with Crippen LogP contribution in [0.4, 0.5) is 30.8 Å². The molecule has 2 aliphatic heterocycles. The van der Waals surface area contributed by atoms with Gasteiger partial charge in [0.15, 0.2) is 0 Å². The number of benzene rings is 3. The van der Waals surface area contributed by atoms with Crippen LogP contribution in [0, 0.1) is 17.6 Å². The molecule has 362 valence electrons. The maximum atomic E-state index is 15.5. The zero-order valence-corrected chi connectivity index (χ0v) is 39.5. The highest BCUT2D eigenvalue weighted by Crippen LogP contribution is 2.42. The van der Waals surface area contributed by atoms with Crippen LogP contribution in [0.15, 0.2) is 109 Å². The van der Waals surface area contributed by atoms with Gasteiger partial charge in [-0.3, -0.25) is 4.90 Å². The topological polar surface area (TPSA) is 161 Å². The second-order valence-corrected chi connectivity index (χ2v) is 17.2. The number of carbonyl (C=O) groups is 1. The number of pyridine rings is 1. The van der Waals surface area contributed by atoms with E-state index in [2.05, 4.69) is 30.3 Å². The zero-order chi connectivity index (χ0) is 47.2. The molecule has 8 rings (SSSR count). The summed E-state index contributed by atoms with van der Waals surface area (Å²) in [6.45, 7) is 9.76. The maximum Gasteiger partial charge on any atom is 0.418 e. The van der Waals surface area contributed by atoms with E-state index in [4.69, 9.17) is 14.2 Å². The molecular formula is C48H58ClF2N11O6. The van der Waals surface area contributed by atoms with Crippen LogP contribution in [0.2, 0.25) is 0 Å². The van der Waals surface area contributed by atoms with Crippen molar-refractivity contribution in [3.05, 3.63) is 137 Å². The minimum Gasteiger partial charge on any atom is -1.00 e. The molecule has 2 fully saturated rings. The van der Waals surface area contributed by atoms with Gasteiger partial charge in [-0.15, -0.1) is 4.68 Å². The molecule has 0 saturated carbocycles. The number of aromatic nitrogens is 7. The molecule has 3 aromatic carbocycles. The Morgan fingerprint density at radius 2 is 1.68 bits per heavy atom. The van der Waals surface area contributed by atoms with Crippen molar-refractivity contribution in [2.45, 2.75) is 70.7 Å². The Labute approximate surface area is 399 Å². The average molecular weight is 959 g/mol. The molecule has 0 aliphatic carbocycles. The summed E-state index contributed by atoms with van der Waals surface area (Å²) in [7, 11) is 3.41. The first-order valence-corrected chi connectivity index (χ1v) is 22.6. The number of aliphatic hydroxyl groups excluding tert-OH is 1. The van der Waals surface area contributed by atoms with Gasteiger partial charge in [-0.25, -0.2) is 32.6 Å². The van der Waals surface area contributed by atoms with Crippen molar-refractivity contribution >= 4 is 23.3 Å². The molecule has 1 amide bonds.